The Bertz CT molecular complexity index is 469. The van der Waals surface area contributed by atoms with Gasteiger partial charge in [0.05, 0.1) is 6.54 Å². The van der Waals surface area contributed by atoms with Gasteiger partial charge in [0.2, 0.25) is 5.91 Å². The maximum Gasteiger partial charge on any atom is 0.321 e. The summed E-state index contributed by atoms with van der Waals surface area (Å²) in [4.78, 5) is 31.8. The zero-order chi connectivity index (χ0) is 15.2. The van der Waals surface area contributed by atoms with E-state index in [1.165, 1.54) is 0 Å². The Labute approximate surface area is 128 Å². The van der Waals surface area contributed by atoms with Gasteiger partial charge in [-0.2, -0.15) is 0 Å². The summed E-state index contributed by atoms with van der Waals surface area (Å²) in [6, 6.07) is -0.420. The van der Waals surface area contributed by atoms with E-state index in [2.05, 4.69) is 20.5 Å². The van der Waals surface area contributed by atoms with Crippen LogP contribution in [0.15, 0.2) is 11.6 Å². The molecule has 0 aromatic carbocycles. The summed E-state index contributed by atoms with van der Waals surface area (Å²) in [5.41, 5.74) is 0. The summed E-state index contributed by atoms with van der Waals surface area (Å²) < 4.78 is 0. The van der Waals surface area contributed by atoms with Crippen LogP contribution in [0.3, 0.4) is 0 Å². The molecule has 8 heteroatoms. The van der Waals surface area contributed by atoms with Gasteiger partial charge in [-0.3, -0.25) is 15.0 Å². The van der Waals surface area contributed by atoms with Crippen LogP contribution in [-0.4, -0.2) is 60.6 Å². The molecule has 0 saturated carbocycles. The van der Waals surface area contributed by atoms with Crippen LogP contribution in [0.25, 0.3) is 0 Å². The fraction of sp³-hybridized carbons (Fsp3) is 0.615. The van der Waals surface area contributed by atoms with Crippen molar-refractivity contribution in [1.82, 2.24) is 20.5 Å². The second kappa shape index (κ2) is 7.37. The number of piperazine rings is 1. The quantitative estimate of drug-likeness (QED) is 0.847. The van der Waals surface area contributed by atoms with Crippen molar-refractivity contribution in [2.45, 2.75) is 19.9 Å². The van der Waals surface area contributed by atoms with Crippen LogP contribution >= 0.6 is 11.3 Å². The van der Waals surface area contributed by atoms with Gasteiger partial charge in [-0.25, -0.2) is 9.78 Å². The highest BCUT2D eigenvalue weighted by Crippen LogP contribution is 2.18. The van der Waals surface area contributed by atoms with Gasteiger partial charge in [0.1, 0.15) is 0 Å². The molecular weight excluding hydrogens is 290 g/mol. The highest BCUT2D eigenvalue weighted by Gasteiger charge is 2.21. The number of thiazole rings is 1. The maximum atomic E-state index is 11.8. The van der Waals surface area contributed by atoms with Crippen molar-refractivity contribution in [3.63, 3.8) is 0 Å². The van der Waals surface area contributed by atoms with Crippen LogP contribution in [0, 0.1) is 0 Å². The first kappa shape index (κ1) is 15.7. The Morgan fingerprint density at radius 1 is 1.33 bits per heavy atom. The lowest BCUT2D eigenvalue weighted by Crippen LogP contribution is -2.51. The van der Waals surface area contributed by atoms with Gasteiger partial charge in [0, 0.05) is 43.8 Å². The Balaban J connectivity index is 1.71. The van der Waals surface area contributed by atoms with Crippen LogP contribution in [0.4, 0.5) is 9.93 Å². The van der Waals surface area contributed by atoms with E-state index in [4.69, 9.17) is 0 Å². The van der Waals surface area contributed by atoms with Gasteiger partial charge < -0.3 is 10.2 Å². The molecule has 3 amide bonds. The van der Waals surface area contributed by atoms with Gasteiger partial charge in [-0.15, -0.1) is 11.3 Å². The zero-order valence-electron chi connectivity index (χ0n) is 12.3. The maximum absolute atomic E-state index is 11.8. The number of amides is 3. The van der Waals surface area contributed by atoms with E-state index < -0.39 is 6.03 Å². The number of hydrogen-bond donors (Lipinski definition) is 2. The molecule has 2 heterocycles. The molecule has 1 aromatic heterocycles. The standard InChI is InChI=1S/C13H21N5O2S/c1-10(2)15-12(20)16-11(19)9-17-4-6-18(7-5-17)13-14-3-8-21-13/h3,8,10H,4-7,9H2,1-2H3,(H2,15,16,19,20). The van der Waals surface area contributed by atoms with Crippen molar-refractivity contribution in [2.75, 3.05) is 37.6 Å². The molecule has 1 fully saturated rings. The molecule has 0 aliphatic carbocycles. The van der Waals surface area contributed by atoms with Gasteiger partial charge in [0.15, 0.2) is 5.13 Å². The number of carbonyl (C=O) groups excluding carboxylic acids is 2. The SMILES string of the molecule is CC(C)NC(=O)NC(=O)CN1CCN(c2nccs2)CC1. The third-order valence-corrected chi connectivity index (χ3v) is 3.93. The van der Waals surface area contributed by atoms with Gasteiger partial charge in [0.25, 0.3) is 0 Å². The molecule has 1 aliphatic rings. The second-order valence-corrected chi connectivity index (χ2v) is 6.13. The van der Waals surface area contributed by atoms with E-state index in [0.717, 1.165) is 31.3 Å². The number of rotatable bonds is 4. The number of urea groups is 1. The summed E-state index contributed by atoms with van der Waals surface area (Å²) in [6.07, 6.45) is 1.80. The molecule has 0 spiro atoms. The number of nitrogens with one attached hydrogen (secondary N) is 2. The highest BCUT2D eigenvalue weighted by atomic mass is 32.1. The van der Waals surface area contributed by atoms with Crippen molar-refractivity contribution >= 4 is 28.4 Å². The van der Waals surface area contributed by atoms with Crippen LogP contribution in [-0.2, 0) is 4.79 Å². The third kappa shape index (κ3) is 4.98. The molecule has 21 heavy (non-hydrogen) atoms. The van der Waals surface area contributed by atoms with Gasteiger partial charge in [-0.05, 0) is 13.8 Å². The molecule has 0 bridgehead atoms. The average molecular weight is 311 g/mol. The minimum absolute atomic E-state index is 0.0136. The van der Waals surface area contributed by atoms with E-state index >= 15 is 0 Å². The van der Waals surface area contributed by atoms with Crippen LogP contribution < -0.4 is 15.5 Å². The van der Waals surface area contributed by atoms with E-state index in [0.29, 0.717) is 0 Å². The molecule has 1 aliphatic heterocycles. The van der Waals surface area contributed by atoms with E-state index in [9.17, 15) is 9.59 Å². The monoisotopic (exact) mass is 311 g/mol. The summed E-state index contributed by atoms with van der Waals surface area (Å²) in [6.45, 7) is 7.22. The lowest BCUT2D eigenvalue weighted by Gasteiger charge is -2.34. The predicted octanol–water partition coefficient (Wildman–Crippen LogP) is 0.499. The summed E-state index contributed by atoms with van der Waals surface area (Å²) in [5, 5.41) is 7.96. The van der Waals surface area contributed by atoms with Crippen molar-refractivity contribution in [2.24, 2.45) is 0 Å². The molecule has 116 valence electrons. The summed E-state index contributed by atoms with van der Waals surface area (Å²) in [7, 11) is 0. The largest absolute Gasteiger partial charge is 0.346 e. The fourth-order valence-corrected chi connectivity index (χ4v) is 2.83. The van der Waals surface area contributed by atoms with Crippen molar-refractivity contribution in [3.05, 3.63) is 11.6 Å². The van der Waals surface area contributed by atoms with Gasteiger partial charge >= 0.3 is 6.03 Å². The molecule has 7 nitrogen and oxygen atoms in total. The Kier molecular flexibility index (Phi) is 5.51. The average Bonchev–Trinajstić information content (AvgIpc) is 2.92. The van der Waals surface area contributed by atoms with Crippen LogP contribution in [0.2, 0.25) is 0 Å². The molecular formula is C13H21N5O2S. The Morgan fingerprint density at radius 2 is 2.05 bits per heavy atom. The second-order valence-electron chi connectivity index (χ2n) is 5.25. The minimum atomic E-state index is -0.434. The zero-order valence-corrected chi connectivity index (χ0v) is 13.2. The number of imide groups is 1. The van der Waals surface area contributed by atoms with Crippen molar-refractivity contribution in [1.29, 1.82) is 0 Å². The van der Waals surface area contributed by atoms with E-state index in [1.807, 2.05) is 24.1 Å². The molecule has 0 radical (unpaired) electrons. The van der Waals surface area contributed by atoms with Crippen molar-refractivity contribution < 1.29 is 9.59 Å². The molecule has 1 aromatic rings. The number of anilines is 1. The lowest BCUT2D eigenvalue weighted by molar-refractivity contribution is -0.121. The topological polar surface area (TPSA) is 77.6 Å². The molecule has 1 saturated heterocycles. The lowest BCUT2D eigenvalue weighted by atomic mass is 10.3. The first-order valence-electron chi connectivity index (χ1n) is 7.01. The van der Waals surface area contributed by atoms with Crippen LogP contribution in [0.1, 0.15) is 13.8 Å². The molecule has 2 rings (SSSR count). The molecule has 0 unspecified atom stereocenters. The number of aromatic nitrogens is 1. The predicted molar refractivity (Wildman–Crippen MR) is 82.6 cm³/mol. The highest BCUT2D eigenvalue weighted by molar-refractivity contribution is 7.13. The van der Waals surface area contributed by atoms with Crippen LogP contribution in [0.5, 0.6) is 0 Å². The molecule has 2 N–H and O–H groups in total. The number of hydrogen-bond acceptors (Lipinski definition) is 6. The fourth-order valence-electron chi connectivity index (χ4n) is 2.14. The summed E-state index contributed by atoms with van der Waals surface area (Å²) in [5.74, 6) is -0.268. The summed E-state index contributed by atoms with van der Waals surface area (Å²) >= 11 is 1.62. The first-order chi connectivity index (χ1) is 10.0. The number of nitrogens with zero attached hydrogens (tertiary/aromatic N) is 3. The normalized spacial score (nSPS) is 16.0. The first-order valence-corrected chi connectivity index (χ1v) is 7.89. The smallest absolute Gasteiger partial charge is 0.321 e. The van der Waals surface area contributed by atoms with Crippen molar-refractivity contribution in [3.8, 4) is 0 Å². The third-order valence-electron chi connectivity index (χ3n) is 3.10. The van der Waals surface area contributed by atoms with E-state index in [1.54, 1.807) is 17.5 Å². The Hall–Kier alpha value is -1.67. The Morgan fingerprint density at radius 3 is 2.62 bits per heavy atom. The molecule has 0 atom stereocenters. The van der Waals surface area contributed by atoms with Gasteiger partial charge in [-0.1, -0.05) is 0 Å². The van der Waals surface area contributed by atoms with E-state index in [-0.39, 0.29) is 18.5 Å². The number of carbonyl (C=O) groups is 2. The minimum Gasteiger partial charge on any atom is -0.346 e.